The van der Waals surface area contributed by atoms with E-state index in [1.54, 1.807) is 30.3 Å². The number of carbonyl (C=O) groups excluding carboxylic acids is 2. The van der Waals surface area contributed by atoms with Gasteiger partial charge in [0, 0.05) is 29.9 Å². The zero-order valence-corrected chi connectivity index (χ0v) is 13.9. The molecule has 2 aliphatic heterocycles. The van der Waals surface area contributed by atoms with Gasteiger partial charge in [-0.25, -0.2) is 0 Å². The Morgan fingerprint density at radius 3 is 2.84 bits per heavy atom. The fourth-order valence-electron chi connectivity index (χ4n) is 3.79. The number of anilines is 1. The van der Waals surface area contributed by atoms with Crippen molar-refractivity contribution in [3.8, 4) is 0 Å². The summed E-state index contributed by atoms with van der Waals surface area (Å²) in [5.74, 6) is -0.0349. The number of amides is 2. The summed E-state index contributed by atoms with van der Waals surface area (Å²) in [6.07, 6.45) is 4.58. The molecule has 2 aromatic rings. The van der Waals surface area contributed by atoms with E-state index in [0.717, 1.165) is 32.4 Å². The van der Waals surface area contributed by atoms with Gasteiger partial charge in [0.05, 0.1) is 6.26 Å². The Morgan fingerprint density at radius 2 is 2.00 bits per heavy atom. The largest absolute Gasteiger partial charge is 0.459 e. The molecule has 2 fully saturated rings. The zero-order chi connectivity index (χ0) is 17.2. The van der Waals surface area contributed by atoms with Crippen molar-refractivity contribution in [2.45, 2.75) is 31.3 Å². The van der Waals surface area contributed by atoms with E-state index in [4.69, 9.17) is 4.42 Å². The first-order valence-corrected chi connectivity index (χ1v) is 8.70. The van der Waals surface area contributed by atoms with E-state index in [2.05, 4.69) is 10.6 Å². The number of benzene rings is 1. The first kappa shape index (κ1) is 15.9. The molecule has 0 aliphatic carbocycles. The Hall–Kier alpha value is -2.60. The van der Waals surface area contributed by atoms with E-state index in [1.165, 1.54) is 6.26 Å². The molecule has 0 spiro atoms. The lowest BCUT2D eigenvalue weighted by atomic mass is 10.1. The molecule has 6 heteroatoms. The summed E-state index contributed by atoms with van der Waals surface area (Å²) in [5.41, 5.74) is 1.20. The summed E-state index contributed by atoms with van der Waals surface area (Å²) in [4.78, 5) is 27.2. The van der Waals surface area contributed by atoms with Crippen LogP contribution in [0.4, 0.5) is 5.69 Å². The minimum absolute atomic E-state index is 0.0466. The number of carbonyl (C=O) groups is 2. The van der Waals surface area contributed by atoms with Gasteiger partial charge in [-0.3, -0.25) is 9.59 Å². The van der Waals surface area contributed by atoms with E-state index >= 15 is 0 Å². The smallest absolute Gasteiger partial charge is 0.291 e. The van der Waals surface area contributed by atoms with Crippen molar-refractivity contribution in [2.75, 3.05) is 18.4 Å². The van der Waals surface area contributed by atoms with Crippen LogP contribution in [0.5, 0.6) is 0 Å². The van der Waals surface area contributed by atoms with Crippen molar-refractivity contribution >= 4 is 17.5 Å². The van der Waals surface area contributed by atoms with Crippen molar-refractivity contribution in [3.63, 3.8) is 0 Å². The zero-order valence-electron chi connectivity index (χ0n) is 13.9. The Bertz CT molecular complexity index is 758. The minimum atomic E-state index is -0.325. The molecule has 2 N–H and O–H groups in total. The summed E-state index contributed by atoms with van der Waals surface area (Å²) in [6, 6.07) is 11.0. The fourth-order valence-corrected chi connectivity index (χ4v) is 3.79. The molecule has 2 atom stereocenters. The van der Waals surface area contributed by atoms with Gasteiger partial charge in [-0.15, -0.1) is 0 Å². The quantitative estimate of drug-likeness (QED) is 0.901. The number of furan rings is 1. The molecule has 4 rings (SSSR count). The molecule has 2 amide bonds. The van der Waals surface area contributed by atoms with Crippen LogP contribution in [0.1, 0.15) is 40.2 Å². The number of nitrogens with zero attached hydrogens (tertiary/aromatic N) is 1. The van der Waals surface area contributed by atoms with E-state index in [1.807, 2.05) is 11.0 Å². The summed E-state index contributed by atoms with van der Waals surface area (Å²) in [5, 5.41) is 6.18. The van der Waals surface area contributed by atoms with Crippen molar-refractivity contribution < 1.29 is 14.0 Å². The number of hydrogen-bond donors (Lipinski definition) is 2. The molecular formula is C19H21N3O3. The molecule has 3 heterocycles. The maximum atomic E-state index is 13.0. The second kappa shape index (κ2) is 6.72. The van der Waals surface area contributed by atoms with Gasteiger partial charge in [-0.05, 0) is 56.1 Å². The molecule has 1 aromatic carbocycles. The molecular weight excluding hydrogens is 318 g/mol. The monoisotopic (exact) mass is 339 g/mol. The second-order valence-corrected chi connectivity index (χ2v) is 6.60. The molecule has 2 unspecified atom stereocenters. The van der Waals surface area contributed by atoms with E-state index in [-0.39, 0.29) is 23.6 Å². The molecule has 25 heavy (non-hydrogen) atoms. The van der Waals surface area contributed by atoms with Gasteiger partial charge in [-0.1, -0.05) is 6.07 Å². The average Bonchev–Trinajstić information content (AvgIpc) is 3.22. The van der Waals surface area contributed by atoms with Gasteiger partial charge in [0.2, 0.25) is 0 Å². The van der Waals surface area contributed by atoms with E-state index in [9.17, 15) is 9.59 Å². The molecule has 2 aliphatic rings. The highest BCUT2D eigenvalue weighted by molar-refractivity contribution is 6.03. The third kappa shape index (κ3) is 3.17. The molecule has 1 aromatic heterocycles. The van der Waals surface area contributed by atoms with Gasteiger partial charge < -0.3 is 20.0 Å². The highest BCUT2D eigenvalue weighted by Gasteiger charge is 2.38. The third-order valence-corrected chi connectivity index (χ3v) is 5.00. The topological polar surface area (TPSA) is 74.6 Å². The van der Waals surface area contributed by atoms with Crippen LogP contribution in [0.3, 0.4) is 0 Å². The summed E-state index contributed by atoms with van der Waals surface area (Å²) in [6.45, 7) is 1.82. The Morgan fingerprint density at radius 1 is 1.12 bits per heavy atom. The lowest BCUT2D eigenvalue weighted by molar-refractivity contribution is 0.0680. The predicted octanol–water partition coefficient (Wildman–Crippen LogP) is 2.50. The fraction of sp³-hybridized carbons (Fsp3) is 0.368. The Labute approximate surface area is 146 Å². The molecule has 0 radical (unpaired) electrons. The molecule has 2 saturated heterocycles. The first-order valence-electron chi connectivity index (χ1n) is 8.70. The highest BCUT2D eigenvalue weighted by Crippen LogP contribution is 2.30. The van der Waals surface area contributed by atoms with Gasteiger partial charge in [0.1, 0.15) is 0 Å². The van der Waals surface area contributed by atoms with Crippen molar-refractivity contribution in [2.24, 2.45) is 0 Å². The number of hydrogen-bond acceptors (Lipinski definition) is 4. The summed E-state index contributed by atoms with van der Waals surface area (Å²) < 4.78 is 5.10. The lowest BCUT2D eigenvalue weighted by Crippen LogP contribution is -2.42. The van der Waals surface area contributed by atoms with Crippen LogP contribution >= 0.6 is 0 Å². The van der Waals surface area contributed by atoms with Crippen LogP contribution in [0.25, 0.3) is 0 Å². The summed E-state index contributed by atoms with van der Waals surface area (Å²) in [7, 11) is 0. The van der Waals surface area contributed by atoms with Crippen molar-refractivity contribution in [3.05, 3.63) is 54.0 Å². The van der Waals surface area contributed by atoms with Gasteiger partial charge >= 0.3 is 0 Å². The van der Waals surface area contributed by atoms with Crippen LogP contribution in [0, 0.1) is 0 Å². The van der Waals surface area contributed by atoms with Crippen LogP contribution in [-0.2, 0) is 0 Å². The van der Waals surface area contributed by atoms with E-state index in [0.29, 0.717) is 17.3 Å². The third-order valence-electron chi connectivity index (χ3n) is 5.00. The Kier molecular flexibility index (Phi) is 4.28. The molecule has 2 bridgehead atoms. The first-order chi connectivity index (χ1) is 12.2. The van der Waals surface area contributed by atoms with Crippen molar-refractivity contribution in [1.82, 2.24) is 10.2 Å². The SMILES string of the molecule is O=C(Nc1cccc(C(=O)N2C3CCNCC2CC3)c1)c1ccco1. The van der Waals surface area contributed by atoms with Crippen LogP contribution in [0.15, 0.2) is 47.1 Å². The molecule has 130 valence electrons. The lowest BCUT2D eigenvalue weighted by Gasteiger charge is -2.28. The van der Waals surface area contributed by atoms with Crippen LogP contribution in [-0.4, -0.2) is 41.9 Å². The molecule has 0 saturated carbocycles. The second-order valence-electron chi connectivity index (χ2n) is 6.60. The number of fused-ring (bicyclic) bond motifs is 2. The maximum absolute atomic E-state index is 13.0. The highest BCUT2D eigenvalue weighted by atomic mass is 16.3. The normalized spacial score (nSPS) is 22.5. The minimum Gasteiger partial charge on any atom is -0.459 e. The van der Waals surface area contributed by atoms with Crippen LogP contribution < -0.4 is 10.6 Å². The Balaban J connectivity index is 1.53. The number of rotatable bonds is 3. The van der Waals surface area contributed by atoms with Gasteiger partial charge in [0.15, 0.2) is 5.76 Å². The summed E-state index contributed by atoms with van der Waals surface area (Å²) >= 11 is 0. The number of nitrogens with one attached hydrogen (secondary N) is 2. The van der Waals surface area contributed by atoms with Crippen LogP contribution in [0.2, 0.25) is 0 Å². The molecule has 6 nitrogen and oxygen atoms in total. The van der Waals surface area contributed by atoms with Gasteiger partial charge in [-0.2, -0.15) is 0 Å². The van der Waals surface area contributed by atoms with E-state index < -0.39 is 0 Å². The average molecular weight is 339 g/mol. The van der Waals surface area contributed by atoms with Crippen molar-refractivity contribution in [1.29, 1.82) is 0 Å². The maximum Gasteiger partial charge on any atom is 0.291 e. The predicted molar refractivity (Wildman–Crippen MR) is 93.6 cm³/mol. The standard InChI is InChI=1S/C19H21N3O3/c23-18(17-5-2-10-25-17)21-14-4-1-3-13(11-14)19(24)22-15-6-7-16(22)12-20-9-8-15/h1-5,10-11,15-16,20H,6-9,12H2,(H,21,23). The van der Waals surface area contributed by atoms with Gasteiger partial charge in [0.25, 0.3) is 11.8 Å².